The van der Waals surface area contributed by atoms with Gasteiger partial charge in [0.25, 0.3) is 0 Å². The van der Waals surface area contributed by atoms with Crippen LogP contribution >= 0.6 is 0 Å². The maximum atomic E-state index is 11.4. The molecular formula is C11H13N3O2. The van der Waals surface area contributed by atoms with Crippen LogP contribution in [-0.4, -0.2) is 24.4 Å². The minimum absolute atomic E-state index is 0.0834. The Morgan fingerprint density at radius 1 is 1.56 bits per heavy atom. The molecule has 1 saturated heterocycles. The van der Waals surface area contributed by atoms with Crippen molar-refractivity contribution in [2.75, 3.05) is 16.8 Å². The van der Waals surface area contributed by atoms with Gasteiger partial charge in [-0.25, -0.2) is 0 Å². The standard InChI is InChI=1S/C11H13N3O2/c1-7(15)13-8-3-2-4-9(5-8)14-6-10(12)11(14)16/h2-5,10H,6,12H2,1H3,(H,13,15). The van der Waals surface area contributed by atoms with Crippen molar-refractivity contribution in [1.29, 1.82) is 0 Å². The molecule has 2 amide bonds. The van der Waals surface area contributed by atoms with Crippen molar-refractivity contribution < 1.29 is 9.59 Å². The molecule has 1 atom stereocenters. The quantitative estimate of drug-likeness (QED) is 0.703. The van der Waals surface area contributed by atoms with Crippen molar-refractivity contribution in [3.63, 3.8) is 0 Å². The summed E-state index contributed by atoms with van der Waals surface area (Å²) in [4.78, 5) is 23.9. The van der Waals surface area contributed by atoms with Crippen LogP contribution in [0.5, 0.6) is 0 Å². The Hall–Kier alpha value is -1.88. The van der Waals surface area contributed by atoms with Crippen LogP contribution in [-0.2, 0) is 9.59 Å². The molecule has 1 unspecified atom stereocenters. The lowest BCUT2D eigenvalue weighted by molar-refractivity contribution is -0.123. The topological polar surface area (TPSA) is 75.4 Å². The van der Waals surface area contributed by atoms with Gasteiger partial charge in [-0.3, -0.25) is 9.59 Å². The second kappa shape index (κ2) is 3.94. The molecule has 1 aliphatic heterocycles. The number of amides is 2. The number of anilines is 2. The normalized spacial score (nSPS) is 19.2. The highest BCUT2D eigenvalue weighted by Crippen LogP contribution is 2.24. The Labute approximate surface area is 93.2 Å². The van der Waals surface area contributed by atoms with E-state index >= 15 is 0 Å². The van der Waals surface area contributed by atoms with E-state index in [2.05, 4.69) is 5.32 Å². The van der Waals surface area contributed by atoms with Gasteiger partial charge >= 0.3 is 0 Å². The van der Waals surface area contributed by atoms with Crippen molar-refractivity contribution in [3.05, 3.63) is 24.3 Å². The van der Waals surface area contributed by atoms with Crippen molar-refractivity contribution in [2.45, 2.75) is 13.0 Å². The summed E-state index contributed by atoms with van der Waals surface area (Å²) < 4.78 is 0. The third kappa shape index (κ3) is 1.90. The molecule has 1 heterocycles. The number of β-lactam (4-membered cyclic amide) rings is 1. The molecule has 16 heavy (non-hydrogen) atoms. The molecule has 1 aromatic carbocycles. The number of benzene rings is 1. The molecular weight excluding hydrogens is 206 g/mol. The highest BCUT2D eigenvalue weighted by atomic mass is 16.2. The highest BCUT2D eigenvalue weighted by molar-refractivity contribution is 6.04. The lowest BCUT2D eigenvalue weighted by Gasteiger charge is -2.36. The first-order valence-corrected chi connectivity index (χ1v) is 5.02. The predicted octanol–water partition coefficient (Wildman–Crippen LogP) is 0.319. The number of nitrogens with two attached hydrogens (primary N) is 1. The van der Waals surface area contributed by atoms with E-state index < -0.39 is 0 Å². The molecule has 0 aliphatic carbocycles. The van der Waals surface area contributed by atoms with E-state index in [1.807, 2.05) is 6.07 Å². The second-order valence-electron chi connectivity index (χ2n) is 3.79. The molecule has 0 spiro atoms. The molecule has 0 aromatic heterocycles. The third-order valence-electron chi connectivity index (χ3n) is 2.44. The summed E-state index contributed by atoms with van der Waals surface area (Å²) in [6.45, 7) is 1.97. The van der Waals surface area contributed by atoms with Crippen molar-refractivity contribution in [1.82, 2.24) is 0 Å². The van der Waals surface area contributed by atoms with E-state index in [-0.39, 0.29) is 17.9 Å². The minimum Gasteiger partial charge on any atom is -0.326 e. The van der Waals surface area contributed by atoms with Crippen LogP contribution in [0.15, 0.2) is 24.3 Å². The zero-order valence-electron chi connectivity index (χ0n) is 8.93. The summed E-state index contributed by atoms with van der Waals surface area (Å²) in [7, 11) is 0. The largest absolute Gasteiger partial charge is 0.326 e. The SMILES string of the molecule is CC(=O)Nc1cccc(N2CC(N)C2=O)c1. The van der Waals surface area contributed by atoms with Gasteiger partial charge in [0.15, 0.2) is 0 Å². The van der Waals surface area contributed by atoms with Gasteiger partial charge in [-0.05, 0) is 18.2 Å². The van der Waals surface area contributed by atoms with E-state index in [1.54, 1.807) is 23.1 Å². The zero-order chi connectivity index (χ0) is 11.7. The number of carbonyl (C=O) groups excluding carboxylic acids is 2. The fourth-order valence-electron chi connectivity index (χ4n) is 1.64. The number of rotatable bonds is 2. The number of hydrogen-bond acceptors (Lipinski definition) is 3. The van der Waals surface area contributed by atoms with Crippen molar-refractivity contribution in [3.8, 4) is 0 Å². The highest BCUT2D eigenvalue weighted by Gasteiger charge is 2.34. The Morgan fingerprint density at radius 2 is 2.31 bits per heavy atom. The van der Waals surface area contributed by atoms with E-state index in [0.29, 0.717) is 12.2 Å². The first-order chi connectivity index (χ1) is 7.58. The Kier molecular flexibility index (Phi) is 2.62. The third-order valence-corrected chi connectivity index (χ3v) is 2.44. The summed E-state index contributed by atoms with van der Waals surface area (Å²) in [6, 6.07) is 6.75. The fraction of sp³-hybridized carbons (Fsp3) is 0.273. The monoisotopic (exact) mass is 219 g/mol. The molecule has 84 valence electrons. The maximum Gasteiger partial charge on any atom is 0.245 e. The van der Waals surface area contributed by atoms with Gasteiger partial charge in [0.2, 0.25) is 11.8 Å². The van der Waals surface area contributed by atoms with Crippen LogP contribution in [0.3, 0.4) is 0 Å². The predicted molar refractivity (Wildman–Crippen MR) is 61.1 cm³/mol. The Balaban J connectivity index is 2.17. The van der Waals surface area contributed by atoms with Gasteiger partial charge in [0.05, 0.1) is 6.54 Å². The molecule has 5 heteroatoms. The van der Waals surface area contributed by atoms with E-state index in [0.717, 1.165) is 5.69 Å². The van der Waals surface area contributed by atoms with E-state index in [4.69, 9.17) is 5.73 Å². The van der Waals surface area contributed by atoms with Crippen LogP contribution < -0.4 is 16.0 Å². The number of nitrogens with zero attached hydrogens (tertiary/aromatic N) is 1. The van der Waals surface area contributed by atoms with Gasteiger partial charge < -0.3 is 16.0 Å². The lowest BCUT2D eigenvalue weighted by atomic mass is 10.1. The molecule has 1 fully saturated rings. The Bertz CT molecular complexity index is 445. The molecule has 0 bridgehead atoms. The molecule has 0 saturated carbocycles. The van der Waals surface area contributed by atoms with Crippen LogP contribution in [0.4, 0.5) is 11.4 Å². The maximum absolute atomic E-state index is 11.4. The van der Waals surface area contributed by atoms with Crippen molar-refractivity contribution in [2.24, 2.45) is 5.73 Å². The summed E-state index contributed by atoms with van der Waals surface area (Å²) in [5, 5.41) is 2.67. The molecule has 1 aromatic rings. The molecule has 2 rings (SSSR count). The van der Waals surface area contributed by atoms with Crippen LogP contribution in [0, 0.1) is 0 Å². The first kappa shape index (κ1) is 10.6. The van der Waals surface area contributed by atoms with Gasteiger partial charge in [0.1, 0.15) is 6.04 Å². The first-order valence-electron chi connectivity index (χ1n) is 5.02. The van der Waals surface area contributed by atoms with E-state index in [1.165, 1.54) is 6.92 Å². The van der Waals surface area contributed by atoms with Crippen LogP contribution in [0.1, 0.15) is 6.92 Å². The van der Waals surface area contributed by atoms with Crippen LogP contribution in [0.2, 0.25) is 0 Å². The smallest absolute Gasteiger partial charge is 0.245 e. The summed E-state index contributed by atoms with van der Waals surface area (Å²) in [5.41, 5.74) is 6.95. The number of carbonyl (C=O) groups is 2. The van der Waals surface area contributed by atoms with Crippen molar-refractivity contribution >= 4 is 23.2 Å². The van der Waals surface area contributed by atoms with E-state index in [9.17, 15) is 9.59 Å². The molecule has 3 N–H and O–H groups in total. The zero-order valence-corrected chi connectivity index (χ0v) is 8.93. The minimum atomic E-state index is -0.385. The van der Waals surface area contributed by atoms with Gasteiger partial charge in [-0.1, -0.05) is 6.07 Å². The average Bonchev–Trinajstić information content (AvgIpc) is 2.24. The summed E-state index contributed by atoms with van der Waals surface area (Å²) in [5.74, 6) is -0.219. The van der Waals surface area contributed by atoms with Crippen LogP contribution in [0.25, 0.3) is 0 Å². The molecule has 5 nitrogen and oxygen atoms in total. The van der Waals surface area contributed by atoms with Gasteiger partial charge in [-0.2, -0.15) is 0 Å². The number of nitrogens with one attached hydrogen (secondary N) is 1. The molecule has 1 aliphatic rings. The molecule has 0 radical (unpaired) electrons. The number of hydrogen-bond donors (Lipinski definition) is 2. The lowest BCUT2D eigenvalue weighted by Crippen LogP contribution is -2.61. The summed E-state index contributed by atoms with van der Waals surface area (Å²) in [6.07, 6.45) is 0. The van der Waals surface area contributed by atoms with Gasteiger partial charge in [0, 0.05) is 18.3 Å². The average molecular weight is 219 g/mol. The van der Waals surface area contributed by atoms with Gasteiger partial charge in [-0.15, -0.1) is 0 Å². The summed E-state index contributed by atoms with van der Waals surface area (Å²) >= 11 is 0. The second-order valence-corrected chi connectivity index (χ2v) is 3.79. The Morgan fingerprint density at radius 3 is 2.88 bits per heavy atom. The fourth-order valence-corrected chi connectivity index (χ4v) is 1.64.